The lowest BCUT2D eigenvalue weighted by atomic mass is 10.1. The van der Waals surface area contributed by atoms with E-state index in [0.717, 1.165) is 49.2 Å². The van der Waals surface area contributed by atoms with Gasteiger partial charge in [0.15, 0.2) is 0 Å². The summed E-state index contributed by atoms with van der Waals surface area (Å²) in [6.07, 6.45) is 1.22. The van der Waals surface area contributed by atoms with E-state index in [1.54, 1.807) is 0 Å². The van der Waals surface area contributed by atoms with Gasteiger partial charge in [-0.1, -0.05) is 0 Å². The van der Waals surface area contributed by atoms with Gasteiger partial charge in [-0.25, -0.2) is 0 Å². The van der Waals surface area contributed by atoms with Gasteiger partial charge in [0, 0.05) is 6.54 Å². The van der Waals surface area contributed by atoms with Crippen molar-refractivity contribution < 1.29 is 8.83 Å². The predicted molar refractivity (Wildman–Crippen MR) is 78.8 cm³/mol. The summed E-state index contributed by atoms with van der Waals surface area (Å²) in [5.41, 5.74) is 0.890. The highest BCUT2D eigenvalue weighted by molar-refractivity contribution is 5.55. The minimum atomic E-state index is 0.547. The van der Waals surface area contributed by atoms with Crippen LogP contribution in [-0.4, -0.2) is 41.8 Å². The number of hydrogen-bond donors (Lipinski definition) is 1. The maximum absolute atomic E-state index is 5.78. The molecule has 6 heteroatoms. The first-order valence-corrected chi connectivity index (χ1v) is 7.42. The number of aryl methyl sites for hydroxylation is 2. The number of nitrogens with one attached hydrogen (secondary N) is 1. The molecule has 1 fully saturated rings. The summed E-state index contributed by atoms with van der Waals surface area (Å²) in [6, 6.07) is 1.94. The SMILES string of the molecule is CNCC1CCN(Cc2nnc(-c3cc(C)oc3C)o2)C1. The third kappa shape index (κ3) is 3.16. The third-order valence-corrected chi connectivity index (χ3v) is 3.96. The number of likely N-dealkylation sites (tertiary alicyclic amines) is 1. The first-order chi connectivity index (χ1) is 10.2. The van der Waals surface area contributed by atoms with Crippen molar-refractivity contribution in [1.82, 2.24) is 20.4 Å². The Bertz CT molecular complexity index is 605. The second kappa shape index (κ2) is 5.99. The Morgan fingerprint density at radius 3 is 2.90 bits per heavy atom. The van der Waals surface area contributed by atoms with E-state index in [9.17, 15) is 0 Å². The van der Waals surface area contributed by atoms with Crippen molar-refractivity contribution in [3.05, 3.63) is 23.5 Å². The lowest BCUT2D eigenvalue weighted by Crippen LogP contribution is -2.24. The molecular formula is C15H22N4O2. The highest BCUT2D eigenvalue weighted by Gasteiger charge is 2.24. The van der Waals surface area contributed by atoms with Crippen LogP contribution in [0.1, 0.15) is 23.8 Å². The Balaban J connectivity index is 1.65. The maximum Gasteiger partial charge on any atom is 0.251 e. The van der Waals surface area contributed by atoms with Crippen molar-refractivity contribution in [2.24, 2.45) is 5.92 Å². The Morgan fingerprint density at radius 2 is 2.19 bits per heavy atom. The number of aromatic nitrogens is 2. The van der Waals surface area contributed by atoms with E-state index >= 15 is 0 Å². The summed E-state index contributed by atoms with van der Waals surface area (Å²) in [5, 5.41) is 11.5. The second-order valence-corrected chi connectivity index (χ2v) is 5.78. The summed E-state index contributed by atoms with van der Waals surface area (Å²) >= 11 is 0. The van der Waals surface area contributed by atoms with Crippen molar-refractivity contribution in [1.29, 1.82) is 0 Å². The summed E-state index contributed by atoms with van der Waals surface area (Å²) < 4.78 is 11.3. The molecule has 1 aliphatic heterocycles. The number of nitrogens with zero attached hydrogens (tertiary/aromatic N) is 3. The fourth-order valence-electron chi connectivity index (χ4n) is 2.97. The van der Waals surface area contributed by atoms with Crippen molar-refractivity contribution in [3.63, 3.8) is 0 Å². The normalized spacial score (nSPS) is 19.5. The summed E-state index contributed by atoms with van der Waals surface area (Å²) in [6.45, 7) is 7.80. The molecule has 0 radical (unpaired) electrons. The van der Waals surface area contributed by atoms with Gasteiger partial charge in [-0.15, -0.1) is 10.2 Å². The monoisotopic (exact) mass is 290 g/mol. The zero-order valence-electron chi connectivity index (χ0n) is 12.8. The van der Waals surface area contributed by atoms with Crippen LogP contribution in [-0.2, 0) is 6.54 Å². The molecule has 1 aliphatic rings. The molecular weight excluding hydrogens is 268 g/mol. The van der Waals surface area contributed by atoms with Crippen LogP contribution >= 0.6 is 0 Å². The molecule has 21 heavy (non-hydrogen) atoms. The van der Waals surface area contributed by atoms with E-state index < -0.39 is 0 Å². The minimum absolute atomic E-state index is 0.547. The zero-order chi connectivity index (χ0) is 14.8. The lowest BCUT2D eigenvalue weighted by molar-refractivity contribution is 0.281. The second-order valence-electron chi connectivity index (χ2n) is 5.78. The van der Waals surface area contributed by atoms with Crippen LogP contribution in [0.15, 0.2) is 14.9 Å². The maximum atomic E-state index is 5.78. The molecule has 3 heterocycles. The van der Waals surface area contributed by atoms with Gasteiger partial charge in [0.25, 0.3) is 5.89 Å². The largest absolute Gasteiger partial charge is 0.466 e. The van der Waals surface area contributed by atoms with Crippen LogP contribution in [0.4, 0.5) is 0 Å². The van der Waals surface area contributed by atoms with E-state index in [2.05, 4.69) is 20.4 Å². The molecule has 114 valence electrons. The molecule has 0 bridgehead atoms. The van der Waals surface area contributed by atoms with Gasteiger partial charge in [-0.05, 0) is 52.4 Å². The van der Waals surface area contributed by atoms with E-state index in [-0.39, 0.29) is 0 Å². The van der Waals surface area contributed by atoms with Gasteiger partial charge in [0.2, 0.25) is 5.89 Å². The van der Waals surface area contributed by atoms with Gasteiger partial charge in [0.1, 0.15) is 11.5 Å². The Labute approximate surface area is 124 Å². The van der Waals surface area contributed by atoms with Crippen LogP contribution in [0.3, 0.4) is 0 Å². The predicted octanol–water partition coefficient (Wildman–Crippen LogP) is 1.99. The number of rotatable bonds is 5. The molecule has 0 aliphatic carbocycles. The van der Waals surface area contributed by atoms with Crippen LogP contribution in [0.25, 0.3) is 11.5 Å². The molecule has 1 atom stereocenters. The molecule has 6 nitrogen and oxygen atoms in total. The lowest BCUT2D eigenvalue weighted by Gasteiger charge is -2.13. The van der Waals surface area contributed by atoms with Gasteiger partial charge in [-0.2, -0.15) is 0 Å². The molecule has 0 aromatic carbocycles. The van der Waals surface area contributed by atoms with Gasteiger partial charge < -0.3 is 14.2 Å². The molecule has 0 spiro atoms. The molecule has 3 rings (SSSR count). The molecule has 2 aromatic heterocycles. The van der Waals surface area contributed by atoms with E-state index in [1.807, 2.05) is 27.0 Å². The molecule has 0 amide bonds. The Kier molecular flexibility index (Phi) is 4.07. The van der Waals surface area contributed by atoms with Gasteiger partial charge >= 0.3 is 0 Å². The summed E-state index contributed by atoms with van der Waals surface area (Å²) in [5.74, 6) is 3.62. The fraction of sp³-hybridized carbons (Fsp3) is 0.600. The third-order valence-electron chi connectivity index (χ3n) is 3.96. The first-order valence-electron chi connectivity index (χ1n) is 7.42. The highest BCUT2D eigenvalue weighted by atomic mass is 16.4. The van der Waals surface area contributed by atoms with E-state index in [0.29, 0.717) is 11.8 Å². The van der Waals surface area contributed by atoms with Crippen LogP contribution in [0.2, 0.25) is 0 Å². The minimum Gasteiger partial charge on any atom is -0.466 e. The first kappa shape index (κ1) is 14.3. The number of furan rings is 1. The fourth-order valence-corrected chi connectivity index (χ4v) is 2.97. The average molecular weight is 290 g/mol. The van der Waals surface area contributed by atoms with Crippen molar-refractivity contribution in [3.8, 4) is 11.5 Å². The Hall–Kier alpha value is -1.66. The van der Waals surface area contributed by atoms with E-state index in [4.69, 9.17) is 8.83 Å². The molecule has 1 saturated heterocycles. The summed E-state index contributed by atoms with van der Waals surface area (Å²) in [7, 11) is 2.00. The number of hydrogen-bond acceptors (Lipinski definition) is 6. The zero-order valence-corrected chi connectivity index (χ0v) is 12.8. The van der Waals surface area contributed by atoms with Crippen molar-refractivity contribution in [2.45, 2.75) is 26.8 Å². The standard InChI is InChI=1S/C15H22N4O2/c1-10-6-13(11(2)20-10)15-18-17-14(21-15)9-19-5-4-12(8-19)7-16-3/h6,12,16H,4-5,7-9H2,1-3H3. The van der Waals surface area contributed by atoms with Gasteiger partial charge in [0.05, 0.1) is 12.1 Å². The molecule has 2 aromatic rings. The molecule has 0 saturated carbocycles. The summed E-state index contributed by atoms with van der Waals surface area (Å²) in [4.78, 5) is 2.37. The van der Waals surface area contributed by atoms with Crippen LogP contribution in [0.5, 0.6) is 0 Å². The smallest absolute Gasteiger partial charge is 0.251 e. The van der Waals surface area contributed by atoms with Crippen molar-refractivity contribution in [2.75, 3.05) is 26.7 Å². The van der Waals surface area contributed by atoms with E-state index in [1.165, 1.54) is 6.42 Å². The Morgan fingerprint density at radius 1 is 1.33 bits per heavy atom. The molecule has 1 N–H and O–H groups in total. The van der Waals surface area contributed by atoms with Crippen molar-refractivity contribution >= 4 is 0 Å². The molecule has 1 unspecified atom stereocenters. The van der Waals surface area contributed by atoms with Crippen LogP contribution in [0, 0.1) is 19.8 Å². The van der Waals surface area contributed by atoms with Gasteiger partial charge in [-0.3, -0.25) is 4.90 Å². The topological polar surface area (TPSA) is 67.3 Å². The van der Waals surface area contributed by atoms with Crippen LogP contribution < -0.4 is 5.32 Å². The quantitative estimate of drug-likeness (QED) is 0.908. The average Bonchev–Trinajstić information content (AvgIpc) is 3.12. The highest BCUT2D eigenvalue weighted by Crippen LogP contribution is 2.26.